The van der Waals surface area contributed by atoms with Crippen molar-refractivity contribution in [3.05, 3.63) is 64.7 Å². The van der Waals surface area contributed by atoms with Crippen molar-refractivity contribution in [2.45, 2.75) is 19.3 Å². The first-order valence-corrected chi connectivity index (χ1v) is 8.60. The van der Waals surface area contributed by atoms with Crippen LogP contribution in [0.3, 0.4) is 0 Å². The van der Waals surface area contributed by atoms with Gasteiger partial charge in [0.2, 0.25) is 5.91 Å². The quantitative estimate of drug-likeness (QED) is 0.710. The fourth-order valence-corrected chi connectivity index (χ4v) is 3.44. The van der Waals surface area contributed by atoms with Crippen LogP contribution in [0.1, 0.15) is 17.5 Å². The molecule has 0 radical (unpaired) electrons. The van der Waals surface area contributed by atoms with Crippen molar-refractivity contribution in [3.8, 4) is 5.69 Å². The van der Waals surface area contributed by atoms with E-state index in [-0.39, 0.29) is 12.3 Å². The van der Waals surface area contributed by atoms with Gasteiger partial charge in [-0.2, -0.15) is 0 Å². The molecule has 0 unspecified atom stereocenters. The van der Waals surface area contributed by atoms with E-state index in [0.29, 0.717) is 17.3 Å². The molecule has 0 atom stereocenters. The lowest BCUT2D eigenvalue weighted by Gasteiger charge is -2.30. The third-order valence-electron chi connectivity index (χ3n) is 4.41. The number of nitrogens with zero attached hydrogens (tertiary/aromatic N) is 5. The van der Waals surface area contributed by atoms with Crippen LogP contribution in [0.5, 0.6) is 0 Å². The van der Waals surface area contributed by atoms with Crippen molar-refractivity contribution in [3.63, 3.8) is 0 Å². The molecule has 26 heavy (non-hydrogen) atoms. The lowest BCUT2D eigenvalue weighted by molar-refractivity contribution is -0.118. The molecule has 3 aromatic rings. The highest BCUT2D eigenvalue weighted by atomic mass is 35.5. The zero-order chi connectivity index (χ0) is 18.1. The van der Waals surface area contributed by atoms with Gasteiger partial charge in [0.25, 0.3) is 0 Å². The average molecular weight is 372 g/mol. The van der Waals surface area contributed by atoms with Gasteiger partial charge in [0.05, 0.1) is 17.8 Å². The molecule has 0 saturated heterocycles. The van der Waals surface area contributed by atoms with Gasteiger partial charge in [-0.1, -0.05) is 23.7 Å². The largest absolute Gasteiger partial charge is 0.309 e. The first kappa shape index (κ1) is 16.7. The Morgan fingerprint density at radius 2 is 2.04 bits per heavy atom. The number of benzene rings is 2. The topological polar surface area (TPSA) is 63.9 Å². The minimum Gasteiger partial charge on any atom is -0.309 e. The Hall–Kier alpha value is -2.80. The molecule has 2 heterocycles. The molecule has 0 bridgehead atoms. The third kappa shape index (κ3) is 3.17. The van der Waals surface area contributed by atoms with E-state index in [1.54, 1.807) is 6.07 Å². The maximum atomic E-state index is 14.4. The summed E-state index contributed by atoms with van der Waals surface area (Å²) in [6, 6.07) is 10.4. The Balaban J connectivity index is 1.55. The molecule has 1 aliphatic rings. The lowest BCUT2D eigenvalue weighted by Crippen LogP contribution is -2.37. The summed E-state index contributed by atoms with van der Waals surface area (Å²) in [5.41, 5.74) is 2.78. The zero-order valence-corrected chi connectivity index (χ0v) is 14.5. The van der Waals surface area contributed by atoms with Crippen LogP contribution in [0.15, 0.2) is 42.7 Å². The lowest BCUT2D eigenvalue weighted by atomic mass is 10.00. The van der Waals surface area contributed by atoms with Crippen LogP contribution in [0.25, 0.3) is 5.69 Å². The van der Waals surface area contributed by atoms with Crippen molar-refractivity contribution in [1.29, 1.82) is 0 Å². The first-order valence-electron chi connectivity index (χ1n) is 8.22. The van der Waals surface area contributed by atoms with Crippen molar-refractivity contribution in [2.75, 3.05) is 11.4 Å². The van der Waals surface area contributed by atoms with Gasteiger partial charge >= 0.3 is 0 Å². The van der Waals surface area contributed by atoms with Crippen LogP contribution >= 0.6 is 11.6 Å². The molecule has 0 fully saturated rings. The van der Waals surface area contributed by atoms with Crippen LogP contribution in [-0.2, 0) is 17.6 Å². The van der Waals surface area contributed by atoms with Crippen molar-refractivity contribution in [1.82, 2.24) is 20.2 Å². The Labute approximate surface area is 154 Å². The van der Waals surface area contributed by atoms with Gasteiger partial charge in [0, 0.05) is 11.6 Å². The smallest absolute Gasteiger partial charge is 0.231 e. The maximum absolute atomic E-state index is 14.4. The number of aryl methyl sites for hydroxylation is 1. The van der Waals surface area contributed by atoms with E-state index >= 15 is 0 Å². The second-order valence-electron chi connectivity index (χ2n) is 6.14. The molecule has 2 aromatic carbocycles. The number of hydrogen-bond donors (Lipinski definition) is 0. The van der Waals surface area contributed by atoms with E-state index in [1.807, 2.05) is 24.3 Å². The number of fused-ring (bicyclic) bond motifs is 1. The monoisotopic (exact) mass is 371 g/mol. The minimum atomic E-state index is -0.449. The summed E-state index contributed by atoms with van der Waals surface area (Å²) >= 11 is 5.94. The number of carbonyl (C=O) groups is 1. The molecule has 0 spiro atoms. The molecule has 132 valence electrons. The van der Waals surface area contributed by atoms with Crippen LogP contribution in [0.2, 0.25) is 5.02 Å². The molecular formula is C18H15ClFN5O. The summed E-state index contributed by atoms with van der Waals surface area (Å²) in [5, 5.41) is 11.4. The highest BCUT2D eigenvalue weighted by Crippen LogP contribution is 2.33. The summed E-state index contributed by atoms with van der Waals surface area (Å²) < 4.78 is 15.9. The molecule has 1 amide bonds. The highest BCUT2D eigenvalue weighted by Gasteiger charge is 2.26. The van der Waals surface area contributed by atoms with E-state index in [0.717, 1.165) is 29.7 Å². The number of carbonyl (C=O) groups excluding carboxylic acids is 1. The van der Waals surface area contributed by atoms with Crippen LogP contribution in [0.4, 0.5) is 10.1 Å². The van der Waals surface area contributed by atoms with Gasteiger partial charge in [0.15, 0.2) is 0 Å². The van der Waals surface area contributed by atoms with E-state index in [9.17, 15) is 9.18 Å². The first-order chi connectivity index (χ1) is 12.6. The van der Waals surface area contributed by atoms with E-state index in [1.165, 1.54) is 22.0 Å². The standard InChI is InChI=1S/C18H15ClFN5O/c19-14-9-13-2-1-7-24(18(13)16(20)10-14)17(26)8-12-3-5-15(6-4-12)25-11-21-22-23-25/h3-6,9-11H,1-2,7-8H2. The van der Waals surface area contributed by atoms with E-state index in [2.05, 4.69) is 15.5 Å². The molecular weight excluding hydrogens is 357 g/mol. The SMILES string of the molecule is O=C(Cc1ccc(-n2cnnn2)cc1)N1CCCc2cc(Cl)cc(F)c21. The molecule has 0 aliphatic carbocycles. The number of rotatable bonds is 3. The maximum Gasteiger partial charge on any atom is 0.231 e. The second kappa shape index (κ2) is 6.84. The van der Waals surface area contributed by atoms with Gasteiger partial charge in [-0.15, -0.1) is 5.10 Å². The predicted molar refractivity (Wildman–Crippen MR) is 94.9 cm³/mol. The van der Waals surface area contributed by atoms with Crippen molar-refractivity contribution in [2.24, 2.45) is 0 Å². The zero-order valence-electron chi connectivity index (χ0n) is 13.8. The van der Waals surface area contributed by atoms with Crippen molar-refractivity contribution >= 4 is 23.2 Å². The predicted octanol–water partition coefficient (Wildman–Crippen LogP) is 2.98. The highest BCUT2D eigenvalue weighted by molar-refractivity contribution is 6.30. The normalized spacial score (nSPS) is 13.5. The molecule has 0 N–H and O–H groups in total. The van der Waals surface area contributed by atoms with Crippen molar-refractivity contribution < 1.29 is 9.18 Å². The second-order valence-corrected chi connectivity index (χ2v) is 6.58. The number of tetrazole rings is 1. The Kier molecular flexibility index (Phi) is 4.38. The van der Waals surface area contributed by atoms with E-state index < -0.39 is 5.82 Å². The van der Waals surface area contributed by atoms with Gasteiger partial charge in [-0.05, 0) is 58.7 Å². The molecule has 1 aliphatic heterocycles. The number of hydrogen-bond acceptors (Lipinski definition) is 4. The number of halogens is 2. The number of anilines is 1. The fraction of sp³-hybridized carbons (Fsp3) is 0.222. The molecule has 0 saturated carbocycles. The molecule has 4 rings (SSSR count). The van der Waals surface area contributed by atoms with Gasteiger partial charge < -0.3 is 4.90 Å². The summed E-state index contributed by atoms with van der Waals surface area (Å²) in [6.07, 6.45) is 3.20. The molecule has 8 heteroatoms. The van der Waals surface area contributed by atoms with Crippen LogP contribution in [-0.4, -0.2) is 32.7 Å². The summed E-state index contributed by atoms with van der Waals surface area (Å²) in [5.74, 6) is -0.586. The summed E-state index contributed by atoms with van der Waals surface area (Å²) in [7, 11) is 0. The molecule has 6 nitrogen and oxygen atoms in total. The molecule has 1 aromatic heterocycles. The number of amides is 1. The fourth-order valence-electron chi connectivity index (χ4n) is 3.22. The van der Waals surface area contributed by atoms with Crippen LogP contribution in [0, 0.1) is 5.82 Å². The minimum absolute atomic E-state index is 0.137. The average Bonchev–Trinajstić information content (AvgIpc) is 3.16. The van der Waals surface area contributed by atoms with E-state index in [4.69, 9.17) is 11.6 Å². The third-order valence-corrected chi connectivity index (χ3v) is 4.63. The summed E-state index contributed by atoms with van der Waals surface area (Å²) in [6.45, 7) is 0.507. The van der Waals surface area contributed by atoms with Gasteiger partial charge in [-0.25, -0.2) is 9.07 Å². The van der Waals surface area contributed by atoms with Gasteiger partial charge in [0.1, 0.15) is 12.1 Å². The number of aromatic nitrogens is 4. The summed E-state index contributed by atoms with van der Waals surface area (Å²) in [4.78, 5) is 14.3. The Bertz CT molecular complexity index is 943. The van der Waals surface area contributed by atoms with Gasteiger partial charge in [-0.3, -0.25) is 4.79 Å². The Morgan fingerprint density at radius 1 is 1.23 bits per heavy atom. The Morgan fingerprint density at radius 3 is 2.77 bits per heavy atom. The van der Waals surface area contributed by atoms with Crippen LogP contribution < -0.4 is 4.90 Å².